The smallest absolute Gasteiger partial charge is 0.0647 e. The lowest BCUT2D eigenvalue weighted by Crippen LogP contribution is -1.67. The van der Waals surface area contributed by atoms with Crippen LogP contribution in [0.3, 0.4) is 0 Å². The molecule has 2 aromatic rings. The zero-order chi connectivity index (χ0) is 9.68. The van der Waals surface area contributed by atoms with Crippen molar-refractivity contribution >= 4 is 22.5 Å². The van der Waals surface area contributed by atoms with E-state index in [1.54, 1.807) is 0 Å². The van der Waals surface area contributed by atoms with Gasteiger partial charge in [0.25, 0.3) is 0 Å². The highest BCUT2D eigenvalue weighted by atomic mass is 35.5. The maximum atomic E-state index is 5.87. The average molecular weight is 196 g/mol. The van der Waals surface area contributed by atoms with Crippen molar-refractivity contribution in [2.24, 2.45) is 0 Å². The molecule has 1 N–H and O–H groups in total. The Morgan fingerprint density at radius 3 is 2.54 bits per heavy atom. The predicted octanol–water partition coefficient (Wildman–Crippen LogP) is 4.24. The molecule has 0 amide bonds. The quantitative estimate of drug-likeness (QED) is 0.647. The first kappa shape index (κ1) is 10.1. The summed E-state index contributed by atoms with van der Waals surface area (Å²) in [5, 5.41) is 1.94. The van der Waals surface area contributed by atoms with E-state index in [9.17, 15) is 0 Å². The number of para-hydroxylation sites is 1. The summed E-state index contributed by atoms with van der Waals surface area (Å²) >= 11 is 5.87. The summed E-state index contributed by atoms with van der Waals surface area (Å²) in [7, 11) is 0. The first-order chi connectivity index (χ1) is 6.29. The van der Waals surface area contributed by atoms with Crippen molar-refractivity contribution < 1.29 is 0 Å². The number of fused-ring (bicyclic) bond motifs is 1. The average Bonchev–Trinajstić information content (AvgIpc) is 2.54. The van der Waals surface area contributed by atoms with Gasteiger partial charge in [-0.2, -0.15) is 0 Å². The molecule has 2 heteroatoms. The molecule has 0 saturated carbocycles. The van der Waals surface area contributed by atoms with E-state index in [4.69, 9.17) is 11.6 Å². The van der Waals surface area contributed by atoms with Gasteiger partial charge >= 0.3 is 0 Å². The summed E-state index contributed by atoms with van der Waals surface area (Å²) in [5.74, 6) is 0. The molecule has 1 heterocycles. The molecule has 0 spiro atoms. The maximum absolute atomic E-state index is 5.87. The molecule has 0 bridgehead atoms. The monoisotopic (exact) mass is 195 g/mol. The summed E-state index contributed by atoms with van der Waals surface area (Å²) in [6.07, 6.45) is 3.14. The largest absolute Gasteiger partial charge is 0.360 e. The molecule has 0 fully saturated rings. The Morgan fingerprint density at radius 1 is 1.23 bits per heavy atom. The van der Waals surface area contributed by atoms with Crippen LogP contribution in [0.2, 0.25) is 5.02 Å². The Morgan fingerprint density at radius 2 is 1.92 bits per heavy atom. The van der Waals surface area contributed by atoms with Crippen molar-refractivity contribution in [2.75, 3.05) is 0 Å². The third-order valence-electron chi connectivity index (χ3n) is 1.54. The zero-order valence-corrected chi connectivity index (χ0v) is 8.73. The number of hydrogen-bond acceptors (Lipinski definition) is 0. The first-order valence-electron chi connectivity index (χ1n) is 4.51. The Bertz CT molecular complexity index is 365. The molecule has 0 aliphatic heterocycles. The van der Waals surface area contributed by atoms with Crippen molar-refractivity contribution in [3.8, 4) is 0 Å². The molecule has 1 aromatic carbocycles. The SMILES string of the molecule is CCC.Clc1cccc2cc[nH]c12. The van der Waals surface area contributed by atoms with Crippen LogP contribution in [0.25, 0.3) is 10.9 Å². The van der Waals surface area contributed by atoms with Crippen LogP contribution in [0.5, 0.6) is 0 Å². The van der Waals surface area contributed by atoms with Gasteiger partial charge in [0.05, 0.1) is 10.5 Å². The van der Waals surface area contributed by atoms with E-state index < -0.39 is 0 Å². The van der Waals surface area contributed by atoms with Gasteiger partial charge in [0.2, 0.25) is 0 Å². The number of halogens is 1. The lowest BCUT2D eigenvalue weighted by Gasteiger charge is -1.90. The van der Waals surface area contributed by atoms with Crippen LogP contribution >= 0.6 is 11.6 Å². The molecule has 0 saturated heterocycles. The second-order valence-electron chi connectivity index (χ2n) is 2.89. The van der Waals surface area contributed by atoms with Crippen LogP contribution in [-0.2, 0) is 0 Å². The molecular weight excluding hydrogens is 182 g/mol. The first-order valence-corrected chi connectivity index (χ1v) is 4.89. The molecule has 1 nitrogen and oxygen atoms in total. The van der Waals surface area contributed by atoms with Gasteiger partial charge in [0.15, 0.2) is 0 Å². The third-order valence-corrected chi connectivity index (χ3v) is 1.85. The predicted molar refractivity (Wildman–Crippen MR) is 59.3 cm³/mol. The number of hydrogen-bond donors (Lipinski definition) is 1. The number of benzene rings is 1. The minimum atomic E-state index is 0.780. The van der Waals surface area contributed by atoms with Gasteiger partial charge in [0, 0.05) is 11.6 Å². The molecule has 13 heavy (non-hydrogen) atoms. The standard InChI is InChI=1S/C8H6ClN.C3H8/c9-7-3-1-2-6-4-5-10-8(6)7;1-3-2/h1-5,10H;3H2,1-2H3. The Kier molecular flexibility index (Phi) is 3.84. The summed E-state index contributed by atoms with van der Waals surface area (Å²) in [5.41, 5.74) is 1.02. The van der Waals surface area contributed by atoms with E-state index in [1.807, 2.05) is 30.5 Å². The van der Waals surface area contributed by atoms with Crippen LogP contribution in [0.15, 0.2) is 30.5 Å². The highest BCUT2D eigenvalue weighted by Gasteiger charge is 1.95. The molecular formula is C11H14ClN. The van der Waals surface area contributed by atoms with Crippen LogP contribution in [0.4, 0.5) is 0 Å². The molecule has 0 unspecified atom stereocenters. The number of aromatic amines is 1. The molecule has 0 aliphatic rings. The van der Waals surface area contributed by atoms with Gasteiger partial charge in [-0.25, -0.2) is 0 Å². The molecule has 0 atom stereocenters. The Hall–Kier alpha value is -0.950. The zero-order valence-electron chi connectivity index (χ0n) is 7.97. The maximum Gasteiger partial charge on any atom is 0.0647 e. The topological polar surface area (TPSA) is 15.8 Å². The van der Waals surface area contributed by atoms with E-state index in [-0.39, 0.29) is 0 Å². The van der Waals surface area contributed by atoms with Crippen molar-refractivity contribution in [1.82, 2.24) is 4.98 Å². The summed E-state index contributed by atoms with van der Waals surface area (Å²) in [6, 6.07) is 7.85. The summed E-state index contributed by atoms with van der Waals surface area (Å²) in [4.78, 5) is 3.06. The van der Waals surface area contributed by atoms with Crippen molar-refractivity contribution in [1.29, 1.82) is 0 Å². The summed E-state index contributed by atoms with van der Waals surface area (Å²) < 4.78 is 0. The highest BCUT2D eigenvalue weighted by molar-refractivity contribution is 6.35. The molecule has 2 rings (SSSR count). The molecule has 0 radical (unpaired) electrons. The van der Waals surface area contributed by atoms with E-state index in [2.05, 4.69) is 18.8 Å². The number of rotatable bonds is 0. The van der Waals surface area contributed by atoms with E-state index >= 15 is 0 Å². The third kappa shape index (κ3) is 2.49. The van der Waals surface area contributed by atoms with Crippen LogP contribution in [-0.4, -0.2) is 4.98 Å². The molecule has 70 valence electrons. The number of aromatic nitrogens is 1. The second kappa shape index (κ2) is 4.93. The fourth-order valence-corrected chi connectivity index (χ4v) is 1.28. The van der Waals surface area contributed by atoms with Crippen LogP contribution < -0.4 is 0 Å². The van der Waals surface area contributed by atoms with Gasteiger partial charge in [-0.3, -0.25) is 0 Å². The lowest BCUT2D eigenvalue weighted by atomic mass is 10.2. The van der Waals surface area contributed by atoms with Gasteiger partial charge < -0.3 is 4.98 Å². The van der Waals surface area contributed by atoms with E-state index in [0.717, 1.165) is 15.9 Å². The number of H-pyrrole nitrogens is 1. The van der Waals surface area contributed by atoms with E-state index in [1.165, 1.54) is 6.42 Å². The number of nitrogens with one attached hydrogen (secondary N) is 1. The van der Waals surface area contributed by atoms with Gasteiger partial charge in [-0.15, -0.1) is 0 Å². The van der Waals surface area contributed by atoms with Crippen LogP contribution in [0.1, 0.15) is 20.3 Å². The minimum Gasteiger partial charge on any atom is -0.360 e. The Balaban J connectivity index is 0.000000251. The minimum absolute atomic E-state index is 0.780. The van der Waals surface area contributed by atoms with Gasteiger partial charge in [-0.05, 0) is 12.1 Å². The Labute approximate surface area is 83.7 Å². The van der Waals surface area contributed by atoms with Crippen molar-refractivity contribution in [3.63, 3.8) is 0 Å². The molecule has 0 aliphatic carbocycles. The lowest BCUT2D eigenvalue weighted by molar-refractivity contribution is 1.09. The van der Waals surface area contributed by atoms with Gasteiger partial charge in [0.1, 0.15) is 0 Å². The fraction of sp³-hybridized carbons (Fsp3) is 0.273. The molecule has 1 aromatic heterocycles. The van der Waals surface area contributed by atoms with Crippen molar-refractivity contribution in [2.45, 2.75) is 20.3 Å². The van der Waals surface area contributed by atoms with Crippen molar-refractivity contribution in [3.05, 3.63) is 35.5 Å². The van der Waals surface area contributed by atoms with E-state index in [0.29, 0.717) is 0 Å². The van der Waals surface area contributed by atoms with Crippen LogP contribution in [0, 0.1) is 0 Å². The normalized spacial score (nSPS) is 9.46. The second-order valence-corrected chi connectivity index (χ2v) is 3.30. The fourth-order valence-electron chi connectivity index (χ4n) is 1.05. The van der Waals surface area contributed by atoms with Gasteiger partial charge in [-0.1, -0.05) is 44.0 Å². The summed E-state index contributed by atoms with van der Waals surface area (Å²) in [6.45, 7) is 4.25. The highest BCUT2D eigenvalue weighted by Crippen LogP contribution is 2.20.